The summed E-state index contributed by atoms with van der Waals surface area (Å²) in [6.45, 7) is 6.24. The van der Waals surface area contributed by atoms with E-state index < -0.39 is 106 Å². The molecule has 6 atom stereocenters. The number of rotatable bonds is 20. The molecule has 2 aliphatic rings. The van der Waals surface area contributed by atoms with Gasteiger partial charge >= 0.3 is 11.9 Å². The average molecular weight is 1760 g/mol. The van der Waals surface area contributed by atoms with Crippen molar-refractivity contribution < 1.29 is 86.9 Å². The van der Waals surface area contributed by atoms with E-state index in [0.29, 0.717) is 48.3 Å². The van der Waals surface area contributed by atoms with E-state index in [2.05, 4.69) is 123 Å². The third-order valence-electron chi connectivity index (χ3n) is 15.5. The molecule has 0 aromatic heterocycles. The second-order valence-corrected chi connectivity index (χ2v) is 26.4. The number of likely N-dealkylation sites (N-methyl/N-ethyl adjacent to an activating group) is 8. The predicted molar refractivity (Wildman–Crippen MR) is 376 cm³/mol. The number of carboxylic acid groups (broad SMARTS) is 2. The molecule has 0 saturated carbocycles. The molecule has 2 aliphatic heterocycles. The first kappa shape index (κ1) is 81.5. The number of carboxylic acids is 2. The van der Waals surface area contributed by atoms with Crippen molar-refractivity contribution in [3.05, 3.63) is 134 Å². The summed E-state index contributed by atoms with van der Waals surface area (Å²) in [5.74, 6) is -9.04. The van der Waals surface area contributed by atoms with Crippen LogP contribution in [-0.2, 0) is 57.5 Å². The fourth-order valence-corrected chi connectivity index (χ4v) is 10.0. The molecule has 0 spiro atoms. The maximum absolute atomic E-state index is 12.8. The molecule has 0 bridgehead atoms. The zero-order valence-corrected chi connectivity index (χ0v) is 62.4. The van der Waals surface area contributed by atoms with Crippen molar-refractivity contribution in [2.45, 2.75) is 101 Å². The van der Waals surface area contributed by atoms with Crippen LogP contribution in [0.2, 0.25) is 0 Å². The van der Waals surface area contributed by atoms with Crippen LogP contribution < -0.4 is 32.2 Å². The molecule has 4 aromatic carbocycles. The molecule has 2 saturated heterocycles. The highest BCUT2D eigenvalue weighted by molar-refractivity contribution is 14.1. The fourth-order valence-electron chi connectivity index (χ4n) is 8.58. The van der Waals surface area contributed by atoms with E-state index in [1.807, 2.05) is 0 Å². The smallest absolute Gasteiger partial charge is 0.339 e. The Morgan fingerprint density at radius 3 is 0.787 bits per heavy atom. The number of aliphatic carboxylic acids is 2. The number of carbonyl (C=O) groups excluding carboxylic acids is 10. The third kappa shape index (κ3) is 20.6. The maximum atomic E-state index is 12.8. The van der Waals surface area contributed by atoms with Crippen LogP contribution in [-0.4, -0.2) is 205 Å². The quantitative estimate of drug-likeness (QED) is 0.0335. The van der Waals surface area contributed by atoms with Crippen LogP contribution in [0.15, 0.2) is 97.1 Å². The van der Waals surface area contributed by atoms with Crippen LogP contribution in [0.3, 0.4) is 0 Å². The van der Waals surface area contributed by atoms with Crippen molar-refractivity contribution in [3.63, 3.8) is 0 Å². The Bertz CT molecular complexity index is 3120. The van der Waals surface area contributed by atoms with Gasteiger partial charge in [0, 0.05) is 119 Å². The highest BCUT2D eigenvalue weighted by Gasteiger charge is 2.51. The number of nitrogens with zero attached hydrogens (tertiary/aromatic N) is 4. The van der Waals surface area contributed by atoms with Gasteiger partial charge in [0.15, 0.2) is 23.7 Å². The molecule has 28 nitrogen and oxygen atoms in total. The molecule has 8 N–H and O–H groups in total. The van der Waals surface area contributed by atoms with Gasteiger partial charge in [-0.2, -0.15) is 0 Å². The molecule has 32 heteroatoms. The second kappa shape index (κ2) is 37.5. The number of nitrogens with one attached hydrogen (secondary N) is 6. The first-order chi connectivity index (χ1) is 44.1. The van der Waals surface area contributed by atoms with Gasteiger partial charge in [-0.3, -0.25) is 47.9 Å². The van der Waals surface area contributed by atoms with Gasteiger partial charge in [-0.15, -0.1) is 0 Å². The van der Waals surface area contributed by atoms with Gasteiger partial charge < -0.3 is 60.6 Å². The summed E-state index contributed by atoms with van der Waals surface area (Å²) in [6, 6.07) is 27.0. The second-order valence-electron chi connectivity index (χ2n) is 21.4. The highest BCUT2D eigenvalue weighted by atomic mass is 127. The number of halogens is 4. The number of amides is 10. The zero-order chi connectivity index (χ0) is 71.1. The molecule has 94 heavy (non-hydrogen) atoms. The minimum atomic E-state index is -1.96. The van der Waals surface area contributed by atoms with Gasteiger partial charge in [0.2, 0.25) is 11.1 Å². The summed E-state index contributed by atoms with van der Waals surface area (Å²) in [4.78, 5) is 162. The Balaban J connectivity index is 0.000000330. The Kier molecular flexibility index (Phi) is 32.6. The van der Waals surface area contributed by atoms with E-state index in [1.54, 1.807) is 97.1 Å². The lowest BCUT2D eigenvalue weighted by atomic mass is 9.97. The number of benzene rings is 4. The van der Waals surface area contributed by atoms with Crippen LogP contribution in [0.4, 0.5) is 0 Å². The van der Waals surface area contributed by atoms with Crippen molar-refractivity contribution in [1.29, 1.82) is 0 Å². The lowest BCUT2D eigenvalue weighted by Crippen LogP contribution is -2.65. The molecule has 4 aromatic rings. The molecule has 6 rings (SSSR count). The first-order valence-electron chi connectivity index (χ1n) is 28.8. The van der Waals surface area contributed by atoms with Crippen LogP contribution in [0.5, 0.6) is 0 Å². The summed E-state index contributed by atoms with van der Waals surface area (Å²) in [7, 11) is 10.9. The van der Waals surface area contributed by atoms with E-state index in [4.69, 9.17) is 19.1 Å². The van der Waals surface area contributed by atoms with E-state index >= 15 is 0 Å². The Hall–Kier alpha value is -6.72. The van der Waals surface area contributed by atoms with E-state index in [1.165, 1.54) is 84.1 Å². The Labute approximate surface area is 599 Å². The minimum absolute atomic E-state index is 0.323. The lowest BCUT2D eigenvalue weighted by Gasteiger charge is -2.36. The summed E-state index contributed by atoms with van der Waals surface area (Å²) >= 11 is 8.46. The predicted octanol–water partition coefficient (Wildman–Crippen LogP) is 4.79. The zero-order valence-electron chi connectivity index (χ0n) is 53.8. The average Bonchev–Trinajstić information content (AvgIpc) is 0.812. The number of hydrogen-bond acceptors (Lipinski definition) is 16. The molecular formula is C62H78I4N10O18. The fraction of sp³-hybridized carbons (Fsp3) is 0.419. The van der Waals surface area contributed by atoms with E-state index in [9.17, 15) is 67.7 Å². The van der Waals surface area contributed by atoms with Crippen molar-refractivity contribution in [1.82, 2.24) is 51.8 Å². The van der Waals surface area contributed by atoms with Gasteiger partial charge in [-0.05, 0) is 241 Å². The number of hydroxylamine groups is 2. The van der Waals surface area contributed by atoms with Gasteiger partial charge in [0.05, 0.1) is 0 Å². The molecule has 0 radical (unpaired) electrons. The molecule has 4 unspecified atom stereocenters. The van der Waals surface area contributed by atoms with Crippen LogP contribution >= 0.6 is 90.4 Å². The highest BCUT2D eigenvalue weighted by Crippen LogP contribution is 2.24. The standard InChI is InChI=1S/2C18H24IN3O5.2C13H15IN2O4/c2*1-18(16(24)20-2,17(25)21-27-14-6-4-5-11-26-14)22(3)15(23)12-7-9-13(19)10-8-12;2*1-13(12(19)20,11(18)15-2)16(3)10(17)8-4-6-9(14)7-5-8/h2*7-10,14H,4-6,11H2,1-3H3,(H,20,24)(H,21,25);2*4-7H,1-3H3,(H,15,18)(H,19,20)/t14?,18-;;13-;/m0.0./s1. The van der Waals surface area contributed by atoms with Gasteiger partial charge in [-0.25, -0.2) is 30.2 Å². The monoisotopic (exact) mass is 1760 g/mol. The molecular weight excluding hydrogens is 1680 g/mol. The van der Waals surface area contributed by atoms with Gasteiger partial charge in [0.1, 0.15) is 0 Å². The third-order valence-corrected chi connectivity index (χ3v) is 18.4. The van der Waals surface area contributed by atoms with Crippen molar-refractivity contribution >= 4 is 161 Å². The number of carbonyl (C=O) groups is 12. The topological polar surface area (TPSA) is 367 Å². The lowest BCUT2D eigenvalue weighted by molar-refractivity contribution is -0.204. The molecule has 2 fully saturated rings. The minimum Gasteiger partial charge on any atom is -0.479 e. The van der Waals surface area contributed by atoms with Crippen LogP contribution in [0.1, 0.15) is 108 Å². The maximum Gasteiger partial charge on any atom is 0.339 e. The molecule has 512 valence electrons. The molecule has 0 aliphatic carbocycles. The Morgan fingerprint density at radius 1 is 0.383 bits per heavy atom. The summed E-state index contributed by atoms with van der Waals surface area (Å²) in [5, 5.41) is 28.0. The molecule has 10 amide bonds. The van der Waals surface area contributed by atoms with E-state index in [-0.39, 0.29) is 0 Å². The SMILES string of the molecule is CNC(=O)C(C)(C(=O)NOC1CCCCO1)N(C)C(=O)c1ccc(I)cc1.CNC(=O)C(C)(C(=O)O)N(C)C(=O)c1ccc(I)cc1.CNC(=O)[C@@](C)(C(=O)NOC1CCCCO1)N(C)C(=O)c1ccc(I)cc1.CNC(=O)[C@@](C)(C(=O)O)N(C)C(=O)c1ccc(I)cc1. The van der Waals surface area contributed by atoms with Crippen LogP contribution in [0.25, 0.3) is 0 Å². The molecule has 2 heterocycles. The van der Waals surface area contributed by atoms with Crippen molar-refractivity contribution in [2.75, 3.05) is 69.6 Å². The van der Waals surface area contributed by atoms with E-state index in [0.717, 1.165) is 59.6 Å². The van der Waals surface area contributed by atoms with Crippen LogP contribution in [0, 0.1) is 14.3 Å². The summed E-state index contributed by atoms with van der Waals surface area (Å²) in [6.07, 6.45) is 3.91. The summed E-state index contributed by atoms with van der Waals surface area (Å²) < 4.78 is 14.6. The Morgan fingerprint density at radius 2 is 0.596 bits per heavy atom. The van der Waals surface area contributed by atoms with Gasteiger partial charge in [0.25, 0.3) is 59.1 Å². The van der Waals surface area contributed by atoms with Crippen molar-refractivity contribution in [2.24, 2.45) is 0 Å². The number of ether oxygens (including phenoxy) is 2. The number of hydrogen-bond donors (Lipinski definition) is 8. The van der Waals surface area contributed by atoms with Crippen molar-refractivity contribution in [3.8, 4) is 0 Å². The van der Waals surface area contributed by atoms with Gasteiger partial charge in [-0.1, -0.05) is 0 Å². The normalized spacial score (nSPS) is 16.5. The first-order valence-corrected chi connectivity index (χ1v) is 33.1. The summed E-state index contributed by atoms with van der Waals surface area (Å²) in [5.41, 5.74) is -1.57. The largest absolute Gasteiger partial charge is 0.479 e.